The molecule has 196 valence electrons. The molecule has 0 spiro atoms. The molecule has 36 heavy (non-hydrogen) atoms. The van der Waals surface area contributed by atoms with E-state index in [9.17, 15) is 18.3 Å². The molecule has 0 unspecified atom stereocenters. The number of nitrogens with zero attached hydrogens (tertiary/aromatic N) is 1. The Bertz CT molecular complexity index is 1230. The Morgan fingerprint density at radius 3 is 2.72 bits per heavy atom. The standard InChI is InChI=1S/C20H30O2.C8H7ClN2O2S/c1-3-12-11-18-17-6-4-13-10-14(21)5-7-15(13)16(17)8-9-20(18,2)19(12)22;1-5-10-7-3-2-6(9)4-8(7)14(12,13)11-5/h10,12,15-19,22H,3-9,11H2,1-2H3;2-4H,1H3,(H,10,11)/t12-,15-,16+,17+,18-,19-,20-;/m0./s1. The summed E-state index contributed by atoms with van der Waals surface area (Å²) in [6.07, 6.45) is 10.9. The number of anilines is 1. The van der Waals surface area contributed by atoms with E-state index in [1.54, 1.807) is 19.1 Å². The largest absolute Gasteiger partial charge is 0.392 e. The van der Waals surface area contributed by atoms with Gasteiger partial charge in [-0.05, 0) is 105 Å². The highest BCUT2D eigenvalue weighted by atomic mass is 35.5. The number of carbonyl (C=O) groups is 1. The summed E-state index contributed by atoms with van der Waals surface area (Å²) in [6.45, 7) is 6.19. The molecule has 1 aliphatic heterocycles. The zero-order valence-electron chi connectivity index (χ0n) is 21.3. The van der Waals surface area contributed by atoms with E-state index in [0.717, 1.165) is 37.5 Å². The average Bonchev–Trinajstić information content (AvgIpc) is 3.09. The van der Waals surface area contributed by atoms with Crippen molar-refractivity contribution in [2.45, 2.75) is 83.1 Å². The lowest BCUT2D eigenvalue weighted by Crippen LogP contribution is -2.47. The summed E-state index contributed by atoms with van der Waals surface area (Å²) < 4.78 is 26.6. The molecule has 1 aromatic carbocycles. The molecule has 3 saturated carbocycles. The number of rotatable bonds is 1. The van der Waals surface area contributed by atoms with Gasteiger partial charge in [0.2, 0.25) is 0 Å². The van der Waals surface area contributed by atoms with Gasteiger partial charge in [0.15, 0.2) is 5.78 Å². The third kappa shape index (κ3) is 4.45. The summed E-state index contributed by atoms with van der Waals surface area (Å²) in [7, 11) is -3.57. The minimum atomic E-state index is -3.57. The van der Waals surface area contributed by atoms with Crippen LogP contribution in [-0.2, 0) is 14.8 Å². The van der Waals surface area contributed by atoms with Gasteiger partial charge in [0.25, 0.3) is 10.0 Å². The molecule has 5 aliphatic rings. The normalized spacial score (nSPS) is 38.1. The van der Waals surface area contributed by atoms with E-state index in [4.69, 9.17) is 11.6 Å². The Labute approximate surface area is 219 Å². The average molecular weight is 533 g/mol. The summed E-state index contributed by atoms with van der Waals surface area (Å²) in [6, 6.07) is 4.63. The number of hydrogen-bond acceptors (Lipinski definition) is 5. The number of nitrogens with one attached hydrogen (secondary N) is 1. The number of amidine groups is 1. The highest BCUT2D eigenvalue weighted by Gasteiger charge is 2.58. The van der Waals surface area contributed by atoms with Gasteiger partial charge >= 0.3 is 0 Å². The van der Waals surface area contributed by atoms with Gasteiger partial charge in [-0.3, -0.25) is 4.79 Å². The lowest BCUT2D eigenvalue weighted by atomic mass is 9.52. The summed E-state index contributed by atoms with van der Waals surface area (Å²) in [5, 5.41) is 14.1. The fourth-order valence-corrected chi connectivity index (χ4v) is 9.40. The van der Waals surface area contributed by atoms with Gasteiger partial charge in [0.05, 0.1) is 11.8 Å². The molecule has 6 rings (SSSR count). The van der Waals surface area contributed by atoms with E-state index in [1.807, 2.05) is 6.08 Å². The van der Waals surface area contributed by atoms with Gasteiger partial charge in [-0.2, -0.15) is 8.42 Å². The van der Waals surface area contributed by atoms with Crippen molar-refractivity contribution in [2.75, 3.05) is 5.32 Å². The zero-order valence-corrected chi connectivity index (χ0v) is 22.9. The van der Waals surface area contributed by atoms with Crippen LogP contribution in [0.4, 0.5) is 5.69 Å². The molecule has 0 amide bonds. The zero-order chi connectivity index (χ0) is 25.8. The van der Waals surface area contributed by atoms with Crippen molar-refractivity contribution < 1.29 is 18.3 Å². The predicted molar refractivity (Wildman–Crippen MR) is 143 cm³/mol. The van der Waals surface area contributed by atoms with Gasteiger partial charge in [0.1, 0.15) is 10.7 Å². The third-order valence-corrected chi connectivity index (χ3v) is 11.4. The summed E-state index contributed by atoms with van der Waals surface area (Å²) in [4.78, 5) is 11.8. The second kappa shape index (κ2) is 9.55. The maximum absolute atomic E-state index is 11.7. The highest BCUT2D eigenvalue weighted by molar-refractivity contribution is 7.90. The van der Waals surface area contributed by atoms with Gasteiger partial charge < -0.3 is 10.4 Å². The van der Waals surface area contributed by atoms with Crippen LogP contribution in [0.15, 0.2) is 39.1 Å². The van der Waals surface area contributed by atoms with E-state index in [1.165, 1.54) is 37.3 Å². The smallest absolute Gasteiger partial charge is 0.286 e. The first-order chi connectivity index (χ1) is 17.0. The number of fused-ring (bicyclic) bond motifs is 6. The Morgan fingerprint density at radius 2 is 1.97 bits per heavy atom. The monoisotopic (exact) mass is 532 g/mol. The van der Waals surface area contributed by atoms with E-state index in [-0.39, 0.29) is 16.4 Å². The van der Waals surface area contributed by atoms with Crippen LogP contribution in [0.5, 0.6) is 0 Å². The maximum Gasteiger partial charge on any atom is 0.286 e. The van der Waals surface area contributed by atoms with Crippen LogP contribution >= 0.6 is 11.6 Å². The number of aliphatic hydroxyl groups excluding tert-OH is 1. The molecule has 3 fully saturated rings. The van der Waals surface area contributed by atoms with Crippen LogP contribution in [0, 0.1) is 35.0 Å². The van der Waals surface area contributed by atoms with E-state index in [2.05, 4.69) is 23.6 Å². The van der Waals surface area contributed by atoms with Gasteiger partial charge in [-0.25, -0.2) is 0 Å². The lowest BCUT2D eigenvalue weighted by Gasteiger charge is -2.53. The number of aliphatic hydroxyl groups is 1. The highest BCUT2D eigenvalue weighted by Crippen LogP contribution is 2.63. The van der Waals surface area contributed by atoms with Gasteiger partial charge in [0, 0.05) is 11.4 Å². The van der Waals surface area contributed by atoms with Crippen LogP contribution in [0.3, 0.4) is 0 Å². The molecule has 6 nitrogen and oxygen atoms in total. The summed E-state index contributed by atoms with van der Waals surface area (Å²) in [5.41, 5.74) is 2.14. The summed E-state index contributed by atoms with van der Waals surface area (Å²) >= 11 is 5.70. The Morgan fingerprint density at radius 1 is 1.19 bits per heavy atom. The van der Waals surface area contributed by atoms with E-state index in [0.29, 0.717) is 40.1 Å². The van der Waals surface area contributed by atoms with E-state index >= 15 is 0 Å². The van der Waals surface area contributed by atoms with Crippen molar-refractivity contribution in [3.63, 3.8) is 0 Å². The van der Waals surface area contributed by atoms with Crippen molar-refractivity contribution in [1.29, 1.82) is 0 Å². The van der Waals surface area contributed by atoms with Crippen LogP contribution in [0.1, 0.15) is 72.1 Å². The second-order valence-electron chi connectivity index (χ2n) is 11.6. The van der Waals surface area contributed by atoms with Crippen LogP contribution in [-0.4, -0.2) is 31.2 Å². The first-order valence-corrected chi connectivity index (χ1v) is 15.1. The number of ketones is 1. The molecule has 1 aromatic rings. The van der Waals surface area contributed by atoms with Crippen molar-refractivity contribution in [1.82, 2.24) is 0 Å². The fourth-order valence-electron chi connectivity index (χ4n) is 7.98. The minimum absolute atomic E-state index is 0.0895. The van der Waals surface area contributed by atoms with Crippen molar-refractivity contribution in [2.24, 2.45) is 39.4 Å². The molecule has 2 N–H and O–H groups in total. The first-order valence-electron chi connectivity index (χ1n) is 13.3. The lowest BCUT2D eigenvalue weighted by molar-refractivity contribution is -0.116. The Kier molecular flexibility index (Phi) is 6.88. The Balaban J connectivity index is 0.000000165. The van der Waals surface area contributed by atoms with Crippen LogP contribution < -0.4 is 5.32 Å². The molecule has 0 saturated heterocycles. The molecular weight excluding hydrogens is 496 g/mol. The number of benzene rings is 1. The molecule has 1 heterocycles. The van der Waals surface area contributed by atoms with Gasteiger partial charge in [-0.1, -0.05) is 37.4 Å². The van der Waals surface area contributed by atoms with E-state index < -0.39 is 10.0 Å². The molecule has 8 heteroatoms. The SMILES string of the molecule is CC1=NS(=O)(=O)c2cc(Cl)ccc2N1.CC[C@H]1C[C@H]2[C@@H]3CCC4=CC(=O)CC[C@@H]4[C@H]3CC[C@]2(C)[C@H]1O. The first kappa shape index (κ1) is 25.9. The molecule has 4 aliphatic carbocycles. The number of halogens is 1. The second-order valence-corrected chi connectivity index (χ2v) is 13.6. The van der Waals surface area contributed by atoms with Crippen molar-refractivity contribution >= 4 is 38.9 Å². The molecule has 7 atom stereocenters. The summed E-state index contributed by atoms with van der Waals surface area (Å²) in [5.74, 6) is 4.20. The van der Waals surface area contributed by atoms with Gasteiger partial charge in [-0.15, -0.1) is 4.40 Å². The predicted octanol–water partition coefficient (Wildman–Crippen LogP) is 6.00. The molecule has 0 aromatic heterocycles. The van der Waals surface area contributed by atoms with Crippen LogP contribution in [0.25, 0.3) is 0 Å². The number of carbonyl (C=O) groups excluding carboxylic acids is 1. The van der Waals surface area contributed by atoms with Crippen molar-refractivity contribution in [3.05, 3.63) is 34.9 Å². The number of sulfonamides is 1. The quantitative estimate of drug-likeness (QED) is 0.462. The minimum Gasteiger partial charge on any atom is -0.392 e. The third-order valence-electron chi connectivity index (χ3n) is 9.74. The Hall–Kier alpha value is -1.70. The topological polar surface area (TPSA) is 95.8 Å². The molecular formula is C28H37ClN2O4S. The molecule has 0 bridgehead atoms. The maximum atomic E-state index is 11.7. The van der Waals surface area contributed by atoms with Crippen molar-refractivity contribution in [3.8, 4) is 0 Å². The fraction of sp³-hybridized carbons (Fsp3) is 0.643. The molecule has 0 radical (unpaired) electrons. The number of allylic oxidation sites excluding steroid dienone is 1. The number of hydrogen-bond donors (Lipinski definition) is 2. The van der Waals surface area contributed by atoms with Crippen LogP contribution in [0.2, 0.25) is 5.02 Å².